The van der Waals surface area contributed by atoms with E-state index in [0.29, 0.717) is 17.7 Å². The Morgan fingerprint density at radius 1 is 0.719 bits per heavy atom. The molecule has 0 spiro atoms. The van der Waals surface area contributed by atoms with Crippen LogP contribution in [0.5, 0.6) is 0 Å². The van der Waals surface area contributed by atoms with E-state index in [0.717, 1.165) is 24.8 Å². The standard InChI is InChI=1S/C26H20F6/c1-2-3-4-5-17-6-9-19(10-7-17)21-13-12-20(22(27)16-21)11-8-18-14-23(28)25(24(29)15-18)26(30,31)32/h6-7,9-10,12-16H,2-5H2,1H3. The molecule has 3 rings (SSSR count). The highest BCUT2D eigenvalue weighted by molar-refractivity contribution is 5.65. The summed E-state index contributed by atoms with van der Waals surface area (Å²) in [5, 5.41) is 0. The number of benzene rings is 3. The monoisotopic (exact) mass is 446 g/mol. The molecule has 0 heterocycles. The molecule has 0 aliphatic carbocycles. The van der Waals surface area contributed by atoms with Crippen LogP contribution in [-0.2, 0) is 12.6 Å². The van der Waals surface area contributed by atoms with Gasteiger partial charge in [0.2, 0.25) is 0 Å². The summed E-state index contributed by atoms with van der Waals surface area (Å²) in [6, 6.07) is 13.2. The Kier molecular flexibility index (Phi) is 7.29. The number of rotatable bonds is 5. The van der Waals surface area contributed by atoms with Crippen molar-refractivity contribution in [2.45, 2.75) is 38.8 Å². The summed E-state index contributed by atoms with van der Waals surface area (Å²) >= 11 is 0. The lowest BCUT2D eigenvalue weighted by atomic mass is 10.00. The van der Waals surface area contributed by atoms with Gasteiger partial charge in [0.05, 0.1) is 5.56 Å². The van der Waals surface area contributed by atoms with E-state index < -0.39 is 29.2 Å². The molecule has 0 N–H and O–H groups in total. The van der Waals surface area contributed by atoms with Gasteiger partial charge in [-0.2, -0.15) is 13.2 Å². The van der Waals surface area contributed by atoms with Crippen molar-refractivity contribution in [3.05, 3.63) is 94.3 Å². The van der Waals surface area contributed by atoms with Crippen molar-refractivity contribution < 1.29 is 26.3 Å². The van der Waals surface area contributed by atoms with Crippen molar-refractivity contribution in [1.82, 2.24) is 0 Å². The van der Waals surface area contributed by atoms with Crippen LogP contribution < -0.4 is 0 Å². The van der Waals surface area contributed by atoms with Crippen LogP contribution in [0, 0.1) is 29.3 Å². The van der Waals surface area contributed by atoms with Gasteiger partial charge in [-0.3, -0.25) is 0 Å². The molecule has 32 heavy (non-hydrogen) atoms. The van der Waals surface area contributed by atoms with Gasteiger partial charge in [-0.25, -0.2) is 13.2 Å². The van der Waals surface area contributed by atoms with Crippen molar-refractivity contribution in [3.8, 4) is 23.0 Å². The van der Waals surface area contributed by atoms with E-state index in [1.807, 2.05) is 24.3 Å². The third-order valence-electron chi connectivity index (χ3n) is 4.99. The van der Waals surface area contributed by atoms with Gasteiger partial charge in [0.1, 0.15) is 23.0 Å². The summed E-state index contributed by atoms with van der Waals surface area (Å²) in [5.74, 6) is 0.555. The summed E-state index contributed by atoms with van der Waals surface area (Å²) < 4.78 is 79.8. The van der Waals surface area contributed by atoms with Crippen LogP contribution >= 0.6 is 0 Å². The molecule has 0 saturated heterocycles. The van der Waals surface area contributed by atoms with Crippen molar-refractivity contribution >= 4 is 0 Å². The van der Waals surface area contributed by atoms with Crippen molar-refractivity contribution in [1.29, 1.82) is 0 Å². The van der Waals surface area contributed by atoms with Crippen LogP contribution in [0.3, 0.4) is 0 Å². The Bertz CT molecular complexity index is 1120. The fourth-order valence-corrected chi connectivity index (χ4v) is 3.29. The Morgan fingerprint density at radius 3 is 1.91 bits per heavy atom. The SMILES string of the molecule is CCCCCc1ccc(-c2ccc(C#Cc3cc(F)c(C(F)(F)F)c(F)c3)c(F)c2)cc1. The van der Waals surface area contributed by atoms with E-state index >= 15 is 0 Å². The molecule has 0 fully saturated rings. The predicted octanol–water partition coefficient (Wildman–Crippen LogP) is 7.92. The maximum Gasteiger partial charge on any atom is 0.422 e. The molecular weight excluding hydrogens is 426 g/mol. The molecule has 3 aromatic rings. The van der Waals surface area contributed by atoms with Crippen LogP contribution in [0.1, 0.15) is 48.4 Å². The van der Waals surface area contributed by atoms with Crippen LogP contribution in [-0.4, -0.2) is 0 Å². The summed E-state index contributed by atoms with van der Waals surface area (Å²) in [6.07, 6.45) is -0.737. The first-order chi connectivity index (χ1) is 15.2. The van der Waals surface area contributed by atoms with Gasteiger partial charge in [0, 0.05) is 5.56 Å². The topological polar surface area (TPSA) is 0 Å². The number of alkyl halides is 3. The third-order valence-corrected chi connectivity index (χ3v) is 4.99. The Labute approximate surface area is 182 Å². The zero-order chi connectivity index (χ0) is 23.3. The zero-order valence-corrected chi connectivity index (χ0v) is 17.3. The van der Waals surface area contributed by atoms with Gasteiger partial charge in [0.25, 0.3) is 0 Å². The van der Waals surface area contributed by atoms with E-state index in [1.54, 1.807) is 6.07 Å². The van der Waals surface area contributed by atoms with Crippen molar-refractivity contribution in [2.24, 2.45) is 0 Å². The lowest BCUT2D eigenvalue weighted by Gasteiger charge is -2.09. The summed E-state index contributed by atoms with van der Waals surface area (Å²) in [6.45, 7) is 2.14. The van der Waals surface area contributed by atoms with E-state index in [1.165, 1.54) is 24.1 Å². The van der Waals surface area contributed by atoms with Crippen molar-refractivity contribution in [2.75, 3.05) is 0 Å². The molecular formula is C26H20F6. The van der Waals surface area contributed by atoms with Crippen LogP contribution in [0.4, 0.5) is 26.3 Å². The number of halogens is 6. The summed E-state index contributed by atoms with van der Waals surface area (Å²) in [4.78, 5) is 0. The van der Waals surface area contributed by atoms with E-state index in [2.05, 4.69) is 18.8 Å². The molecule has 0 amide bonds. The lowest BCUT2D eigenvalue weighted by Crippen LogP contribution is -2.11. The normalized spacial score (nSPS) is 11.2. The van der Waals surface area contributed by atoms with E-state index in [4.69, 9.17) is 0 Å². The maximum atomic E-state index is 14.5. The second kappa shape index (κ2) is 9.95. The first-order valence-corrected chi connectivity index (χ1v) is 10.2. The highest BCUT2D eigenvalue weighted by Crippen LogP contribution is 2.34. The minimum absolute atomic E-state index is 0.0364. The first-order valence-electron chi connectivity index (χ1n) is 10.2. The van der Waals surface area contributed by atoms with Crippen LogP contribution in [0.25, 0.3) is 11.1 Å². The fraction of sp³-hybridized carbons (Fsp3) is 0.231. The van der Waals surface area contributed by atoms with Gasteiger partial charge in [-0.05, 0) is 53.8 Å². The minimum atomic E-state index is -5.16. The van der Waals surface area contributed by atoms with Gasteiger partial charge < -0.3 is 0 Å². The molecule has 0 radical (unpaired) electrons. The molecule has 0 atom stereocenters. The van der Waals surface area contributed by atoms with Gasteiger partial charge in [-0.15, -0.1) is 0 Å². The smallest absolute Gasteiger partial charge is 0.206 e. The Hall–Kier alpha value is -3.20. The van der Waals surface area contributed by atoms with Crippen molar-refractivity contribution in [3.63, 3.8) is 0 Å². The molecule has 0 aliphatic heterocycles. The molecule has 3 aromatic carbocycles. The number of hydrogen-bond acceptors (Lipinski definition) is 0. The van der Waals surface area contributed by atoms with E-state index in [-0.39, 0.29) is 11.1 Å². The fourth-order valence-electron chi connectivity index (χ4n) is 3.29. The highest BCUT2D eigenvalue weighted by atomic mass is 19.4. The number of hydrogen-bond donors (Lipinski definition) is 0. The Balaban J connectivity index is 1.79. The number of aryl methyl sites for hydroxylation is 1. The van der Waals surface area contributed by atoms with Crippen LogP contribution in [0.15, 0.2) is 54.6 Å². The molecule has 0 bridgehead atoms. The average molecular weight is 446 g/mol. The predicted molar refractivity (Wildman–Crippen MR) is 112 cm³/mol. The zero-order valence-electron chi connectivity index (χ0n) is 17.3. The second-order valence-electron chi connectivity index (χ2n) is 7.41. The van der Waals surface area contributed by atoms with Crippen LogP contribution in [0.2, 0.25) is 0 Å². The average Bonchev–Trinajstić information content (AvgIpc) is 2.72. The quantitative estimate of drug-likeness (QED) is 0.212. The summed E-state index contributed by atoms with van der Waals surface area (Å²) in [7, 11) is 0. The first kappa shape index (κ1) is 23.5. The third kappa shape index (κ3) is 5.73. The van der Waals surface area contributed by atoms with Gasteiger partial charge in [0.15, 0.2) is 0 Å². The van der Waals surface area contributed by atoms with E-state index in [9.17, 15) is 26.3 Å². The molecule has 0 unspecified atom stereocenters. The second-order valence-corrected chi connectivity index (χ2v) is 7.41. The highest BCUT2D eigenvalue weighted by Gasteiger charge is 2.37. The minimum Gasteiger partial charge on any atom is -0.206 e. The van der Waals surface area contributed by atoms with Gasteiger partial charge in [-0.1, -0.05) is 61.9 Å². The molecule has 0 saturated carbocycles. The maximum absolute atomic E-state index is 14.5. The molecule has 6 heteroatoms. The van der Waals surface area contributed by atoms with Gasteiger partial charge >= 0.3 is 6.18 Å². The molecule has 166 valence electrons. The largest absolute Gasteiger partial charge is 0.422 e. The molecule has 0 aromatic heterocycles. The lowest BCUT2D eigenvalue weighted by molar-refractivity contribution is -0.142. The molecule has 0 nitrogen and oxygen atoms in total. The summed E-state index contributed by atoms with van der Waals surface area (Å²) in [5.41, 5.74) is 0.339. The number of unbranched alkanes of at least 4 members (excludes halogenated alkanes) is 2. The molecule has 0 aliphatic rings. The Morgan fingerprint density at radius 2 is 1.34 bits per heavy atom.